The molecule has 1 amide bonds. The summed E-state index contributed by atoms with van der Waals surface area (Å²) in [5, 5.41) is 10.7. The van der Waals surface area contributed by atoms with Crippen molar-refractivity contribution in [1.29, 1.82) is 0 Å². The summed E-state index contributed by atoms with van der Waals surface area (Å²) in [5.41, 5.74) is -0.605. The van der Waals surface area contributed by atoms with Gasteiger partial charge in [0.1, 0.15) is 0 Å². The van der Waals surface area contributed by atoms with E-state index in [4.69, 9.17) is 0 Å². The quantitative estimate of drug-likeness (QED) is 0.925. The van der Waals surface area contributed by atoms with E-state index < -0.39 is 17.8 Å². The molecular formula is C14H15F3N2O2S. The SMILES string of the molecule is CC(=O)N=C1SCCN1CC(O)c1cccc(C(F)(F)F)c1. The molecule has 1 aliphatic heterocycles. The highest BCUT2D eigenvalue weighted by atomic mass is 32.2. The first-order chi connectivity index (χ1) is 10.3. The standard InChI is InChI=1S/C14H15F3N2O2S/c1-9(20)18-13-19(5-6-22-13)8-12(21)10-3-2-4-11(7-10)14(15,16)17/h2-4,7,12,21H,5-6,8H2,1H3. The number of benzene rings is 1. The Labute approximate surface area is 130 Å². The number of carbonyl (C=O) groups excluding carboxylic acids is 1. The van der Waals surface area contributed by atoms with Crippen LogP contribution in [0.3, 0.4) is 0 Å². The summed E-state index contributed by atoms with van der Waals surface area (Å²) in [6, 6.07) is 4.62. The summed E-state index contributed by atoms with van der Waals surface area (Å²) in [7, 11) is 0. The molecule has 8 heteroatoms. The molecule has 0 aliphatic carbocycles. The second kappa shape index (κ2) is 6.70. The molecule has 2 rings (SSSR count). The number of β-amino-alcohol motifs (C(OH)–C–C–N with tert-alkyl or cyclic N) is 1. The highest BCUT2D eigenvalue weighted by Gasteiger charge is 2.31. The van der Waals surface area contributed by atoms with Crippen molar-refractivity contribution in [2.75, 3.05) is 18.8 Å². The zero-order valence-corrected chi connectivity index (χ0v) is 12.6. The summed E-state index contributed by atoms with van der Waals surface area (Å²) >= 11 is 1.39. The molecule has 0 saturated carbocycles. The van der Waals surface area contributed by atoms with E-state index in [0.717, 1.165) is 17.9 Å². The van der Waals surface area contributed by atoms with Crippen LogP contribution in [-0.2, 0) is 11.0 Å². The molecule has 0 radical (unpaired) electrons. The van der Waals surface area contributed by atoms with Crippen molar-refractivity contribution < 1.29 is 23.1 Å². The predicted octanol–water partition coefficient (Wildman–Crippen LogP) is 2.69. The van der Waals surface area contributed by atoms with Crippen molar-refractivity contribution in [1.82, 2.24) is 4.90 Å². The maximum atomic E-state index is 12.7. The van der Waals surface area contributed by atoms with Crippen molar-refractivity contribution in [3.63, 3.8) is 0 Å². The van der Waals surface area contributed by atoms with Crippen molar-refractivity contribution in [2.45, 2.75) is 19.2 Å². The first kappa shape index (κ1) is 16.8. The number of alkyl halides is 3. The van der Waals surface area contributed by atoms with Crippen LogP contribution in [0.4, 0.5) is 13.2 Å². The van der Waals surface area contributed by atoms with Gasteiger partial charge < -0.3 is 10.0 Å². The van der Waals surface area contributed by atoms with Crippen molar-refractivity contribution in [2.24, 2.45) is 4.99 Å². The largest absolute Gasteiger partial charge is 0.416 e. The molecule has 1 aromatic carbocycles. The fourth-order valence-electron chi connectivity index (χ4n) is 2.08. The maximum absolute atomic E-state index is 12.7. The third kappa shape index (κ3) is 4.23. The number of carbonyl (C=O) groups is 1. The molecule has 1 atom stereocenters. The van der Waals surface area contributed by atoms with Crippen LogP contribution in [0.1, 0.15) is 24.2 Å². The number of aliphatic imine (C=N–C) groups is 1. The molecule has 1 N–H and O–H groups in total. The second-order valence-electron chi connectivity index (χ2n) is 4.85. The van der Waals surface area contributed by atoms with Crippen LogP contribution in [0.5, 0.6) is 0 Å². The molecule has 22 heavy (non-hydrogen) atoms. The van der Waals surface area contributed by atoms with Gasteiger partial charge in [0.05, 0.1) is 18.2 Å². The predicted molar refractivity (Wildman–Crippen MR) is 78.6 cm³/mol. The van der Waals surface area contributed by atoms with E-state index in [1.807, 2.05) is 0 Å². The normalized spacial score (nSPS) is 18.8. The number of thioether (sulfide) groups is 1. The minimum Gasteiger partial charge on any atom is -0.387 e. The van der Waals surface area contributed by atoms with E-state index >= 15 is 0 Å². The van der Waals surface area contributed by atoms with E-state index in [0.29, 0.717) is 11.7 Å². The first-order valence-corrected chi connectivity index (χ1v) is 7.58. The Balaban J connectivity index is 2.12. The first-order valence-electron chi connectivity index (χ1n) is 6.59. The Hall–Kier alpha value is -1.54. The Morgan fingerprint density at radius 3 is 2.86 bits per heavy atom. The smallest absolute Gasteiger partial charge is 0.387 e. The Morgan fingerprint density at radius 2 is 2.23 bits per heavy atom. The van der Waals surface area contributed by atoms with Gasteiger partial charge in [-0.25, -0.2) is 0 Å². The number of aliphatic hydroxyl groups excluding tert-OH is 1. The van der Waals surface area contributed by atoms with Crippen LogP contribution >= 0.6 is 11.8 Å². The number of nitrogens with zero attached hydrogens (tertiary/aromatic N) is 2. The molecule has 0 spiro atoms. The molecule has 4 nitrogen and oxygen atoms in total. The summed E-state index contributed by atoms with van der Waals surface area (Å²) < 4.78 is 38.1. The molecule has 120 valence electrons. The molecule has 1 saturated heterocycles. The molecule has 1 unspecified atom stereocenters. The fraction of sp³-hybridized carbons (Fsp3) is 0.429. The highest BCUT2D eigenvalue weighted by Crippen LogP contribution is 2.31. The Bertz CT molecular complexity index is 590. The molecule has 1 fully saturated rings. The molecule has 0 bridgehead atoms. The van der Waals surface area contributed by atoms with E-state index in [-0.39, 0.29) is 18.0 Å². The summed E-state index contributed by atoms with van der Waals surface area (Å²) in [4.78, 5) is 16.6. The third-order valence-corrected chi connectivity index (χ3v) is 4.10. The van der Waals surface area contributed by atoms with Crippen LogP contribution in [0.15, 0.2) is 29.3 Å². The van der Waals surface area contributed by atoms with E-state index in [1.165, 1.54) is 30.8 Å². The number of aliphatic hydroxyl groups is 1. The lowest BCUT2D eigenvalue weighted by Crippen LogP contribution is -2.30. The topological polar surface area (TPSA) is 52.9 Å². The third-order valence-electron chi connectivity index (χ3n) is 3.11. The average molecular weight is 332 g/mol. The van der Waals surface area contributed by atoms with Gasteiger partial charge in [-0.2, -0.15) is 18.2 Å². The molecule has 1 heterocycles. The molecule has 1 aliphatic rings. The van der Waals surface area contributed by atoms with E-state index in [1.54, 1.807) is 4.90 Å². The van der Waals surface area contributed by atoms with Crippen LogP contribution in [-0.4, -0.2) is 39.9 Å². The second-order valence-corrected chi connectivity index (χ2v) is 5.91. The summed E-state index contributed by atoms with van der Waals surface area (Å²) in [5.74, 6) is 0.379. The zero-order valence-electron chi connectivity index (χ0n) is 11.8. The maximum Gasteiger partial charge on any atom is 0.416 e. The minimum absolute atomic E-state index is 0.0976. The van der Waals surface area contributed by atoms with Gasteiger partial charge in [0, 0.05) is 19.2 Å². The number of halogens is 3. The van der Waals surface area contributed by atoms with Crippen molar-refractivity contribution in [3.8, 4) is 0 Å². The van der Waals surface area contributed by atoms with Gasteiger partial charge in [-0.1, -0.05) is 23.9 Å². The van der Waals surface area contributed by atoms with E-state index in [2.05, 4.69) is 4.99 Å². The van der Waals surface area contributed by atoms with Crippen LogP contribution in [0, 0.1) is 0 Å². The lowest BCUT2D eigenvalue weighted by atomic mass is 10.1. The number of rotatable bonds is 3. The van der Waals surface area contributed by atoms with Gasteiger partial charge in [0.25, 0.3) is 0 Å². The number of hydrogen-bond donors (Lipinski definition) is 1. The highest BCUT2D eigenvalue weighted by molar-refractivity contribution is 8.14. The number of amides is 1. The molecule has 0 aromatic heterocycles. The lowest BCUT2D eigenvalue weighted by molar-refractivity contribution is -0.137. The van der Waals surface area contributed by atoms with Gasteiger partial charge in [-0.3, -0.25) is 4.79 Å². The van der Waals surface area contributed by atoms with Crippen LogP contribution in [0.25, 0.3) is 0 Å². The Morgan fingerprint density at radius 1 is 1.50 bits per heavy atom. The van der Waals surface area contributed by atoms with E-state index in [9.17, 15) is 23.1 Å². The molecule has 1 aromatic rings. The van der Waals surface area contributed by atoms with Crippen molar-refractivity contribution in [3.05, 3.63) is 35.4 Å². The average Bonchev–Trinajstić information content (AvgIpc) is 2.84. The zero-order chi connectivity index (χ0) is 16.3. The Kier molecular flexibility index (Phi) is 5.12. The van der Waals surface area contributed by atoms with Gasteiger partial charge in [-0.15, -0.1) is 0 Å². The van der Waals surface area contributed by atoms with Crippen LogP contribution < -0.4 is 0 Å². The lowest BCUT2D eigenvalue weighted by Gasteiger charge is -2.22. The van der Waals surface area contributed by atoms with Crippen molar-refractivity contribution >= 4 is 22.8 Å². The summed E-state index contributed by atoms with van der Waals surface area (Å²) in [6.45, 7) is 2.01. The minimum atomic E-state index is -4.44. The monoisotopic (exact) mass is 332 g/mol. The molecular weight excluding hydrogens is 317 g/mol. The summed E-state index contributed by atoms with van der Waals surface area (Å²) in [6.07, 6.45) is -5.53. The van der Waals surface area contributed by atoms with Gasteiger partial charge in [-0.05, 0) is 17.7 Å². The van der Waals surface area contributed by atoms with Gasteiger partial charge in [0.2, 0.25) is 5.91 Å². The number of hydrogen-bond acceptors (Lipinski definition) is 3. The van der Waals surface area contributed by atoms with Crippen LogP contribution in [0.2, 0.25) is 0 Å². The number of amidine groups is 1. The van der Waals surface area contributed by atoms with Gasteiger partial charge in [0.15, 0.2) is 5.17 Å². The van der Waals surface area contributed by atoms with Gasteiger partial charge >= 0.3 is 6.18 Å². The fourth-order valence-corrected chi connectivity index (χ4v) is 3.11.